The van der Waals surface area contributed by atoms with E-state index >= 15 is 0 Å². The minimum Gasteiger partial charge on any atom is -0.508 e. The molecule has 6 unspecified atom stereocenters. The maximum atomic E-state index is 14.5. The molecular weight excluding hydrogens is 678 g/mol. The molecule has 2 aromatic rings. The number of carbonyl (C=O) groups excluding carboxylic acids is 3. The SMILES string of the molecule is CCCCCC1(CCCCC)OC2C3CC4(C(=O)NCCC(=O)NCCO)C(ON(Cc5ccccc5C=CCc5ccccc5O)C4C(=O)O3)C2O1. The first-order chi connectivity index (χ1) is 25.7. The van der Waals surface area contributed by atoms with Gasteiger partial charge in [0.25, 0.3) is 0 Å². The van der Waals surface area contributed by atoms with E-state index in [-0.39, 0.29) is 56.6 Å². The summed E-state index contributed by atoms with van der Waals surface area (Å²) in [5.74, 6) is -1.88. The Kier molecular flexibility index (Phi) is 12.9. The Labute approximate surface area is 312 Å². The highest BCUT2D eigenvalue weighted by molar-refractivity contribution is 5.94. The van der Waals surface area contributed by atoms with Crippen LogP contribution in [0.3, 0.4) is 0 Å². The van der Waals surface area contributed by atoms with Gasteiger partial charge in [-0.1, -0.05) is 94.1 Å². The van der Waals surface area contributed by atoms with Gasteiger partial charge in [0.05, 0.1) is 13.2 Å². The topological polar surface area (TPSA) is 156 Å². The second kappa shape index (κ2) is 17.6. The summed E-state index contributed by atoms with van der Waals surface area (Å²) < 4.78 is 20.0. The number of ether oxygens (including phenoxy) is 3. The summed E-state index contributed by atoms with van der Waals surface area (Å²) >= 11 is 0. The van der Waals surface area contributed by atoms with E-state index in [2.05, 4.69) is 24.5 Å². The molecule has 6 rings (SSSR count). The molecule has 4 aliphatic rings. The van der Waals surface area contributed by atoms with Gasteiger partial charge in [0.2, 0.25) is 11.8 Å². The molecular formula is C41H55N3O9. The maximum Gasteiger partial charge on any atom is 0.327 e. The molecule has 3 heterocycles. The van der Waals surface area contributed by atoms with Crippen LogP contribution in [0.25, 0.3) is 6.08 Å². The van der Waals surface area contributed by atoms with Crippen LogP contribution in [0.2, 0.25) is 0 Å². The van der Waals surface area contributed by atoms with Crippen LogP contribution in [-0.2, 0) is 46.4 Å². The van der Waals surface area contributed by atoms with Gasteiger partial charge in [-0.05, 0) is 42.0 Å². The average Bonchev–Trinajstić information content (AvgIpc) is 3.71. The van der Waals surface area contributed by atoms with Crippen LogP contribution >= 0.6 is 0 Å². The molecule has 4 N–H and O–H groups in total. The first kappa shape index (κ1) is 38.9. The number of hydroxylamine groups is 2. The summed E-state index contributed by atoms with van der Waals surface area (Å²) in [4.78, 5) is 47.8. The van der Waals surface area contributed by atoms with E-state index in [1.54, 1.807) is 17.2 Å². The molecule has 288 valence electrons. The Morgan fingerprint density at radius 2 is 1.62 bits per heavy atom. The summed E-state index contributed by atoms with van der Waals surface area (Å²) in [7, 11) is 0. The fraction of sp³-hybridized carbons (Fsp3) is 0.585. The number of amides is 2. The largest absolute Gasteiger partial charge is 0.508 e. The lowest BCUT2D eigenvalue weighted by atomic mass is 9.62. The zero-order valence-electron chi connectivity index (χ0n) is 31.0. The fourth-order valence-electron chi connectivity index (χ4n) is 8.44. The number of aliphatic hydroxyl groups excluding tert-OH is 1. The van der Waals surface area contributed by atoms with E-state index in [9.17, 15) is 19.5 Å². The summed E-state index contributed by atoms with van der Waals surface area (Å²) in [5, 5.41) is 26.5. The van der Waals surface area contributed by atoms with E-state index in [4.69, 9.17) is 24.2 Å². The number of hydrogen-bond acceptors (Lipinski definition) is 10. The van der Waals surface area contributed by atoms with Crippen LogP contribution in [0, 0.1) is 5.41 Å². The van der Waals surface area contributed by atoms with Gasteiger partial charge in [-0.15, -0.1) is 0 Å². The van der Waals surface area contributed by atoms with Crippen molar-refractivity contribution >= 4 is 23.9 Å². The zero-order valence-corrected chi connectivity index (χ0v) is 31.0. The molecule has 0 spiro atoms. The second-order valence-corrected chi connectivity index (χ2v) is 14.7. The Bertz CT molecular complexity index is 1610. The van der Waals surface area contributed by atoms with Crippen molar-refractivity contribution < 1.29 is 43.6 Å². The molecule has 2 bridgehead atoms. The third-order valence-corrected chi connectivity index (χ3v) is 11.1. The highest BCUT2D eigenvalue weighted by atomic mass is 16.8. The lowest BCUT2D eigenvalue weighted by Crippen LogP contribution is -2.69. The molecule has 12 nitrogen and oxygen atoms in total. The van der Waals surface area contributed by atoms with Crippen molar-refractivity contribution in [2.75, 3.05) is 19.7 Å². The van der Waals surface area contributed by atoms with Crippen molar-refractivity contribution in [3.05, 3.63) is 71.3 Å². The van der Waals surface area contributed by atoms with Crippen molar-refractivity contribution in [3.8, 4) is 5.75 Å². The van der Waals surface area contributed by atoms with Gasteiger partial charge in [-0.3, -0.25) is 19.2 Å². The second-order valence-electron chi connectivity index (χ2n) is 14.7. The van der Waals surface area contributed by atoms with E-state index < -0.39 is 47.6 Å². The molecule has 2 amide bonds. The number of esters is 1. The van der Waals surface area contributed by atoms with Gasteiger partial charge in [0, 0.05) is 38.8 Å². The quantitative estimate of drug-likeness (QED) is 0.118. The number of phenols is 1. The molecule has 3 saturated heterocycles. The Hall–Kier alpha value is -3.81. The van der Waals surface area contributed by atoms with Crippen LogP contribution in [-0.4, -0.2) is 89.0 Å². The number of benzene rings is 2. The molecule has 1 aliphatic carbocycles. The highest BCUT2D eigenvalue weighted by Gasteiger charge is 2.76. The van der Waals surface area contributed by atoms with E-state index in [0.717, 1.165) is 55.2 Å². The Balaban J connectivity index is 1.30. The Morgan fingerprint density at radius 3 is 2.34 bits per heavy atom. The normalized spacial score (nSPS) is 27.1. The molecule has 4 fully saturated rings. The molecule has 3 aliphatic heterocycles. The zero-order chi connectivity index (χ0) is 37.4. The van der Waals surface area contributed by atoms with Gasteiger partial charge in [0.1, 0.15) is 35.6 Å². The lowest BCUT2D eigenvalue weighted by molar-refractivity contribution is -0.224. The van der Waals surface area contributed by atoms with E-state index in [1.807, 2.05) is 48.6 Å². The van der Waals surface area contributed by atoms with Crippen LogP contribution in [0.5, 0.6) is 5.75 Å². The van der Waals surface area contributed by atoms with Crippen molar-refractivity contribution in [3.63, 3.8) is 0 Å². The van der Waals surface area contributed by atoms with Crippen LogP contribution in [0.1, 0.15) is 94.7 Å². The van der Waals surface area contributed by atoms with Crippen LogP contribution in [0.15, 0.2) is 54.6 Å². The number of aliphatic hydroxyl groups is 1. The molecule has 53 heavy (non-hydrogen) atoms. The molecule has 12 heteroatoms. The van der Waals surface area contributed by atoms with Gasteiger partial charge in [0.15, 0.2) is 11.8 Å². The van der Waals surface area contributed by atoms with Crippen molar-refractivity contribution in [1.82, 2.24) is 15.7 Å². The smallest absolute Gasteiger partial charge is 0.327 e. The molecule has 0 aromatic heterocycles. The average molecular weight is 734 g/mol. The standard InChI is InChI=1S/C41H55N3O9/c1-3-5-11-21-40(22-12-6-4-2)51-34-32-26-41(39(49)43-23-20-33(47)42-24-25-45)36(38(48)50-32)44(53-37(41)35(34)52-40)27-30-16-8-7-14-28(30)17-13-18-29-15-9-10-19-31(29)46/h7-10,13-17,19,32,34-37,45-46H,3-6,11-12,18,20-27H2,1-2H3,(H,42,47)(H,43,49). The van der Waals surface area contributed by atoms with Gasteiger partial charge < -0.3 is 35.1 Å². The summed E-state index contributed by atoms with van der Waals surface area (Å²) in [6.45, 7) is 4.49. The third-order valence-electron chi connectivity index (χ3n) is 11.1. The number of hydrogen-bond donors (Lipinski definition) is 4. The summed E-state index contributed by atoms with van der Waals surface area (Å²) in [6, 6.07) is 13.9. The number of carbonyl (C=O) groups is 3. The molecule has 6 atom stereocenters. The van der Waals surface area contributed by atoms with Crippen molar-refractivity contribution in [1.29, 1.82) is 0 Å². The molecule has 0 radical (unpaired) electrons. The van der Waals surface area contributed by atoms with Crippen molar-refractivity contribution in [2.45, 2.75) is 127 Å². The van der Waals surface area contributed by atoms with Gasteiger partial charge in [-0.2, -0.15) is 5.06 Å². The number of unbranched alkanes of at least 4 members (excludes halogenated alkanes) is 4. The number of rotatable bonds is 19. The monoisotopic (exact) mass is 733 g/mol. The van der Waals surface area contributed by atoms with E-state index in [0.29, 0.717) is 19.3 Å². The number of nitrogens with one attached hydrogen (secondary N) is 2. The van der Waals surface area contributed by atoms with Gasteiger partial charge >= 0.3 is 5.97 Å². The highest BCUT2D eigenvalue weighted by Crippen LogP contribution is 2.58. The summed E-state index contributed by atoms with van der Waals surface area (Å²) in [5.41, 5.74) is 1.23. The number of phenolic OH excluding ortho intramolecular Hbond substituents is 1. The maximum absolute atomic E-state index is 14.5. The van der Waals surface area contributed by atoms with Crippen LogP contribution in [0.4, 0.5) is 0 Å². The minimum atomic E-state index is -1.36. The predicted octanol–water partition coefficient (Wildman–Crippen LogP) is 4.70. The molecule has 1 saturated carbocycles. The third kappa shape index (κ3) is 8.32. The summed E-state index contributed by atoms with van der Waals surface area (Å²) in [6.07, 6.45) is 9.29. The molecule has 2 aromatic carbocycles. The van der Waals surface area contributed by atoms with Gasteiger partial charge in [-0.25, -0.2) is 0 Å². The number of para-hydroxylation sites is 1. The number of aromatic hydroxyl groups is 1. The fourth-order valence-corrected chi connectivity index (χ4v) is 8.44. The number of nitrogens with zero attached hydrogens (tertiary/aromatic N) is 1. The van der Waals surface area contributed by atoms with Crippen LogP contribution < -0.4 is 10.6 Å². The van der Waals surface area contributed by atoms with Crippen molar-refractivity contribution in [2.24, 2.45) is 5.41 Å². The number of allylic oxidation sites excluding steroid dienone is 1. The lowest BCUT2D eigenvalue weighted by Gasteiger charge is -2.48. The number of fused-ring (bicyclic) bond motifs is 4. The predicted molar refractivity (Wildman–Crippen MR) is 197 cm³/mol. The Morgan fingerprint density at radius 1 is 0.925 bits per heavy atom. The first-order valence-corrected chi connectivity index (χ1v) is 19.4. The first-order valence-electron chi connectivity index (χ1n) is 19.4. The van der Waals surface area contributed by atoms with E-state index in [1.165, 1.54) is 0 Å². The minimum absolute atomic E-state index is 0.0136.